The van der Waals surface area contributed by atoms with Crippen molar-refractivity contribution in [2.75, 3.05) is 17.5 Å². The van der Waals surface area contributed by atoms with Crippen molar-refractivity contribution in [3.05, 3.63) is 23.8 Å². The zero-order valence-electron chi connectivity index (χ0n) is 12.0. The van der Waals surface area contributed by atoms with Crippen molar-refractivity contribution < 1.29 is 18.6 Å². The zero-order valence-corrected chi connectivity index (χ0v) is 13.6. The zero-order chi connectivity index (χ0) is 15.0. The highest BCUT2D eigenvalue weighted by molar-refractivity contribution is 7.92. The van der Waals surface area contributed by atoms with Gasteiger partial charge in [-0.15, -0.1) is 12.4 Å². The molecule has 0 aromatic heterocycles. The molecule has 6 nitrogen and oxygen atoms in total. The number of phenols is 1. The first-order valence-electron chi connectivity index (χ1n) is 6.42. The van der Waals surface area contributed by atoms with Gasteiger partial charge in [-0.3, -0.25) is 4.72 Å². The monoisotopic (exact) mass is 336 g/mol. The van der Waals surface area contributed by atoms with Crippen LogP contribution in [0, 0.1) is 0 Å². The number of aliphatic hydroxyl groups is 1. The van der Waals surface area contributed by atoms with Gasteiger partial charge in [0.15, 0.2) is 0 Å². The van der Waals surface area contributed by atoms with Gasteiger partial charge in [-0.2, -0.15) is 0 Å². The summed E-state index contributed by atoms with van der Waals surface area (Å²) >= 11 is 0. The Morgan fingerprint density at radius 3 is 2.52 bits per heavy atom. The second kappa shape index (κ2) is 6.39. The average molecular weight is 337 g/mol. The predicted octanol–water partition coefficient (Wildman–Crippen LogP) is 1.36. The Morgan fingerprint density at radius 2 is 2.00 bits per heavy atom. The molecule has 120 valence electrons. The van der Waals surface area contributed by atoms with E-state index in [2.05, 4.69) is 17.0 Å². The fourth-order valence-corrected chi connectivity index (χ4v) is 2.43. The Kier molecular flexibility index (Phi) is 5.49. The van der Waals surface area contributed by atoms with E-state index in [0.717, 1.165) is 19.1 Å². The number of aromatic hydroxyl groups is 1. The van der Waals surface area contributed by atoms with Crippen LogP contribution >= 0.6 is 12.4 Å². The fraction of sp³-hybridized carbons (Fsp3) is 0.538. The van der Waals surface area contributed by atoms with Crippen LogP contribution in [0.15, 0.2) is 18.2 Å². The van der Waals surface area contributed by atoms with E-state index in [9.17, 15) is 18.6 Å². The third-order valence-corrected chi connectivity index (χ3v) is 4.01. The van der Waals surface area contributed by atoms with Crippen LogP contribution in [0.25, 0.3) is 0 Å². The normalized spacial score (nSPS) is 17.7. The van der Waals surface area contributed by atoms with Gasteiger partial charge in [0.25, 0.3) is 0 Å². The lowest BCUT2D eigenvalue weighted by molar-refractivity contribution is 0.169. The number of hydrogen-bond donors (Lipinski definition) is 4. The highest BCUT2D eigenvalue weighted by Crippen LogP contribution is 2.35. The Bertz CT molecular complexity index is 602. The summed E-state index contributed by atoms with van der Waals surface area (Å²) in [6.45, 7) is 2.48. The van der Waals surface area contributed by atoms with E-state index >= 15 is 0 Å². The molecule has 1 atom stereocenters. The summed E-state index contributed by atoms with van der Waals surface area (Å²) in [4.78, 5) is 0. The molecule has 0 heterocycles. The van der Waals surface area contributed by atoms with E-state index in [1.54, 1.807) is 6.07 Å². The minimum atomic E-state index is -3.47. The maximum absolute atomic E-state index is 11.2. The van der Waals surface area contributed by atoms with E-state index in [0.29, 0.717) is 12.1 Å². The van der Waals surface area contributed by atoms with E-state index in [1.165, 1.54) is 12.1 Å². The topological polar surface area (TPSA) is 98.7 Å². The van der Waals surface area contributed by atoms with E-state index in [-0.39, 0.29) is 29.4 Å². The summed E-state index contributed by atoms with van der Waals surface area (Å²) in [5, 5.41) is 23.0. The van der Waals surface area contributed by atoms with E-state index in [4.69, 9.17) is 0 Å². The standard InChI is InChI=1S/C13H20N2O4S.ClH/c1-13(5-6-13)14-8-12(17)9-3-4-11(16)10(7-9)15-20(2,18)19;/h3-4,7,12,14-17H,5-6,8H2,1-2H3;1H. The molecule has 2 rings (SSSR count). The minimum Gasteiger partial charge on any atom is -0.506 e. The average Bonchev–Trinajstić information content (AvgIpc) is 3.06. The van der Waals surface area contributed by atoms with Gasteiger partial charge in [-0.05, 0) is 37.5 Å². The molecule has 1 aliphatic rings. The number of aliphatic hydroxyl groups excluding tert-OH is 1. The third-order valence-electron chi connectivity index (χ3n) is 3.42. The van der Waals surface area contributed by atoms with Gasteiger partial charge in [0.2, 0.25) is 10.0 Å². The van der Waals surface area contributed by atoms with Crippen LogP contribution in [0.5, 0.6) is 5.75 Å². The SMILES string of the molecule is CC1(NCC(O)c2ccc(O)c(NS(C)(=O)=O)c2)CC1.Cl. The molecule has 0 aliphatic heterocycles. The van der Waals surface area contributed by atoms with Gasteiger partial charge < -0.3 is 15.5 Å². The maximum atomic E-state index is 11.2. The number of phenolic OH excluding ortho intramolecular Hbond substituents is 1. The summed E-state index contributed by atoms with van der Waals surface area (Å²) < 4.78 is 24.6. The summed E-state index contributed by atoms with van der Waals surface area (Å²) in [6.07, 6.45) is 2.44. The lowest BCUT2D eigenvalue weighted by Gasteiger charge is -2.17. The summed E-state index contributed by atoms with van der Waals surface area (Å²) in [7, 11) is -3.47. The Labute approximate surface area is 131 Å². The van der Waals surface area contributed by atoms with Gasteiger partial charge in [0.05, 0.1) is 18.0 Å². The number of rotatable bonds is 6. The van der Waals surface area contributed by atoms with Crippen molar-refractivity contribution in [1.82, 2.24) is 5.32 Å². The first-order valence-corrected chi connectivity index (χ1v) is 8.31. The number of halogens is 1. The molecule has 1 aromatic rings. The molecule has 0 amide bonds. The smallest absolute Gasteiger partial charge is 0.229 e. The van der Waals surface area contributed by atoms with Crippen LogP contribution in [0.1, 0.15) is 31.4 Å². The fourth-order valence-electron chi connectivity index (χ4n) is 1.87. The number of β-amino-alcohol motifs (C(OH)–C–C–N with tert-alkyl or cyclic N) is 1. The molecular weight excluding hydrogens is 316 g/mol. The second-order valence-electron chi connectivity index (χ2n) is 5.61. The summed E-state index contributed by atoms with van der Waals surface area (Å²) in [5.41, 5.74) is 0.735. The number of anilines is 1. The van der Waals surface area contributed by atoms with Gasteiger partial charge in [-0.1, -0.05) is 6.07 Å². The van der Waals surface area contributed by atoms with Crippen LogP contribution < -0.4 is 10.0 Å². The van der Waals surface area contributed by atoms with Crippen LogP contribution in [-0.2, 0) is 10.0 Å². The second-order valence-corrected chi connectivity index (χ2v) is 7.36. The van der Waals surface area contributed by atoms with Crippen molar-refractivity contribution in [3.8, 4) is 5.75 Å². The number of sulfonamides is 1. The van der Waals surface area contributed by atoms with E-state index < -0.39 is 16.1 Å². The molecular formula is C13H21ClN2O4S. The lowest BCUT2D eigenvalue weighted by Crippen LogP contribution is -2.32. The predicted molar refractivity (Wildman–Crippen MR) is 84.4 cm³/mol. The van der Waals surface area contributed by atoms with Gasteiger partial charge in [0, 0.05) is 12.1 Å². The van der Waals surface area contributed by atoms with Gasteiger partial charge in [0.1, 0.15) is 5.75 Å². The Morgan fingerprint density at radius 1 is 1.38 bits per heavy atom. The number of nitrogens with one attached hydrogen (secondary N) is 2. The summed E-state index contributed by atoms with van der Waals surface area (Å²) in [5.74, 6) is -0.173. The molecule has 1 aromatic carbocycles. The van der Waals surface area contributed by atoms with Crippen LogP contribution in [-0.4, -0.2) is 37.0 Å². The first kappa shape index (κ1) is 18.0. The van der Waals surface area contributed by atoms with Gasteiger partial charge in [-0.25, -0.2) is 8.42 Å². The molecule has 4 N–H and O–H groups in total. The molecule has 0 radical (unpaired) electrons. The molecule has 1 aliphatic carbocycles. The molecule has 1 saturated carbocycles. The number of hydrogen-bond acceptors (Lipinski definition) is 5. The quantitative estimate of drug-likeness (QED) is 0.588. The molecule has 0 spiro atoms. The van der Waals surface area contributed by atoms with Crippen LogP contribution in [0.3, 0.4) is 0 Å². The van der Waals surface area contributed by atoms with Crippen molar-refractivity contribution >= 4 is 28.1 Å². The molecule has 8 heteroatoms. The third kappa shape index (κ3) is 5.35. The van der Waals surface area contributed by atoms with Crippen molar-refractivity contribution in [2.24, 2.45) is 0 Å². The van der Waals surface area contributed by atoms with Gasteiger partial charge >= 0.3 is 0 Å². The minimum absolute atomic E-state index is 0. The highest BCUT2D eigenvalue weighted by atomic mass is 35.5. The number of benzene rings is 1. The lowest BCUT2D eigenvalue weighted by atomic mass is 10.1. The molecule has 1 unspecified atom stereocenters. The largest absolute Gasteiger partial charge is 0.506 e. The Hall–Kier alpha value is -1.02. The maximum Gasteiger partial charge on any atom is 0.229 e. The highest BCUT2D eigenvalue weighted by Gasteiger charge is 2.36. The van der Waals surface area contributed by atoms with E-state index in [1.807, 2.05) is 0 Å². The van der Waals surface area contributed by atoms with Crippen LogP contribution in [0.4, 0.5) is 5.69 Å². The van der Waals surface area contributed by atoms with Crippen LogP contribution in [0.2, 0.25) is 0 Å². The van der Waals surface area contributed by atoms with Crippen molar-refractivity contribution in [3.63, 3.8) is 0 Å². The summed E-state index contributed by atoms with van der Waals surface area (Å²) in [6, 6.07) is 4.38. The van der Waals surface area contributed by atoms with Crippen molar-refractivity contribution in [1.29, 1.82) is 0 Å². The Balaban J connectivity index is 0.00000220. The molecule has 1 fully saturated rings. The molecule has 0 saturated heterocycles. The first-order chi connectivity index (χ1) is 9.19. The van der Waals surface area contributed by atoms with Crippen molar-refractivity contribution in [2.45, 2.75) is 31.4 Å². The molecule has 21 heavy (non-hydrogen) atoms. The molecule has 0 bridgehead atoms.